The van der Waals surface area contributed by atoms with Crippen LogP contribution in [-0.2, 0) is 0 Å². The Labute approximate surface area is 165 Å². The largest absolute Gasteiger partial charge is 0.478 e. The second-order valence-corrected chi connectivity index (χ2v) is 5.36. The second kappa shape index (κ2) is 9.45. The predicted octanol–water partition coefficient (Wildman–Crippen LogP) is 1.56. The molecule has 0 amide bonds. The van der Waals surface area contributed by atoms with Gasteiger partial charge >= 0.3 is 35.8 Å². The average molecular weight is 420 g/mol. The van der Waals surface area contributed by atoms with Crippen molar-refractivity contribution in [3.8, 4) is 0 Å². The van der Waals surface area contributed by atoms with Crippen LogP contribution in [0.15, 0.2) is 36.4 Å². The number of aromatic carboxylic acids is 6. The maximum atomic E-state index is 10.8. The molecule has 0 heterocycles. The maximum Gasteiger partial charge on any atom is 0.336 e. The first kappa shape index (κ1) is 23.3. The average Bonchev–Trinajstić information content (AvgIpc) is 2.67. The molecule has 2 rings (SSSR count). The Morgan fingerprint density at radius 3 is 0.900 bits per heavy atom. The van der Waals surface area contributed by atoms with Gasteiger partial charge in [-0.3, -0.25) is 0 Å². The van der Waals surface area contributed by atoms with Gasteiger partial charge < -0.3 is 30.6 Å². The summed E-state index contributed by atoms with van der Waals surface area (Å²) in [6.07, 6.45) is 0. The van der Waals surface area contributed by atoms with E-state index in [1.165, 1.54) is 18.2 Å². The highest BCUT2D eigenvalue weighted by atomic mass is 16.4. The summed E-state index contributed by atoms with van der Waals surface area (Å²) in [5, 5.41) is 52.0. The Morgan fingerprint density at radius 1 is 0.433 bits per heavy atom. The van der Waals surface area contributed by atoms with Crippen molar-refractivity contribution in [2.24, 2.45) is 0 Å². The van der Waals surface area contributed by atoms with Gasteiger partial charge in [0.2, 0.25) is 0 Å². The van der Waals surface area contributed by atoms with Crippen molar-refractivity contribution < 1.29 is 59.4 Å². The van der Waals surface area contributed by atoms with Crippen LogP contribution >= 0.6 is 0 Å². The molecule has 0 aromatic heterocycles. The molecule has 0 fully saturated rings. The lowest BCUT2D eigenvalue weighted by Crippen LogP contribution is -2.15. The number of carbonyl (C=O) groups is 6. The Balaban J connectivity index is 0.000000325. The van der Waals surface area contributed by atoms with Crippen LogP contribution in [0, 0.1) is 0 Å². The molecule has 0 saturated carbocycles. The summed E-state index contributed by atoms with van der Waals surface area (Å²) in [5.41, 5.74) is -3.19. The van der Waals surface area contributed by atoms with Crippen molar-refractivity contribution in [2.45, 2.75) is 0 Å². The van der Waals surface area contributed by atoms with Crippen LogP contribution in [0.5, 0.6) is 0 Å². The number of rotatable bonds is 6. The number of benzene rings is 2. The highest BCUT2D eigenvalue weighted by Crippen LogP contribution is 2.18. The number of carboxylic acid groups (broad SMARTS) is 6. The number of carboxylic acids is 6. The van der Waals surface area contributed by atoms with Crippen molar-refractivity contribution >= 4 is 35.8 Å². The minimum Gasteiger partial charge on any atom is -0.478 e. The molecule has 12 nitrogen and oxygen atoms in total. The Hall–Kier alpha value is -4.74. The monoisotopic (exact) mass is 420 g/mol. The molecular formula is C18H12O12. The first-order chi connectivity index (χ1) is 13.9. The van der Waals surface area contributed by atoms with E-state index in [2.05, 4.69) is 0 Å². The van der Waals surface area contributed by atoms with Crippen LogP contribution in [0.4, 0.5) is 0 Å². The van der Waals surface area contributed by atoms with Crippen molar-refractivity contribution in [2.75, 3.05) is 0 Å². The Kier molecular flexibility index (Phi) is 7.34. The third kappa shape index (κ3) is 5.63. The smallest absolute Gasteiger partial charge is 0.336 e. The summed E-state index contributed by atoms with van der Waals surface area (Å²) in [6, 6.07) is 6.22. The summed E-state index contributed by atoms with van der Waals surface area (Å²) in [7, 11) is 0. The van der Waals surface area contributed by atoms with Crippen LogP contribution in [0.3, 0.4) is 0 Å². The van der Waals surface area contributed by atoms with Crippen LogP contribution in [0.1, 0.15) is 62.1 Å². The first-order valence-electron chi connectivity index (χ1n) is 7.54. The number of hydrogen-bond acceptors (Lipinski definition) is 6. The molecule has 0 radical (unpaired) electrons. The summed E-state index contributed by atoms with van der Waals surface area (Å²) in [6.45, 7) is 0. The van der Waals surface area contributed by atoms with Crippen molar-refractivity contribution in [3.05, 3.63) is 69.8 Å². The molecule has 0 spiro atoms. The van der Waals surface area contributed by atoms with E-state index in [4.69, 9.17) is 30.6 Å². The molecule has 156 valence electrons. The minimum atomic E-state index is -1.66. The van der Waals surface area contributed by atoms with Gasteiger partial charge in [-0.25, -0.2) is 28.8 Å². The zero-order valence-corrected chi connectivity index (χ0v) is 14.6. The van der Waals surface area contributed by atoms with Crippen LogP contribution in [-0.4, -0.2) is 66.5 Å². The van der Waals surface area contributed by atoms with Crippen molar-refractivity contribution in [1.29, 1.82) is 0 Å². The Bertz CT molecular complexity index is 939. The first-order valence-corrected chi connectivity index (χ1v) is 7.54. The molecule has 0 bridgehead atoms. The Morgan fingerprint density at radius 2 is 0.700 bits per heavy atom. The molecule has 2 aromatic rings. The zero-order valence-electron chi connectivity index (χ0n) is 14.6. The molecule has 12 heteroatoms. The lowest BCUT2D eigenvalue weighted by atomic mass is 9.98. The van der Waals surface area contributed by atoms with E-state index in [-0.39, 0.29) is 11.1 Å². The molecule has 30 heavy (non-hydrogen) atoms. The SMILES string of the molecule is O=C(O)c1cc(C(=O)O)c(C(=O)O)cc1C(=O)O.O=C(O)c1cccc(C(=O)O)c1. The summed E-state index contributed by atoms with van der Waals surface area (Å²) in [5.74, 6) is -8.89. The summed E-state index contributed by atoms with van der Waals surface area (Å²) >= 11 is 0. The van der Waals surface area contributed by atoms with Gasteiger partial charge in [0.1, 0.15) is 0 Å². The quantitative estimate of drug-likeness (QED) is 0.391. The molecule has 0 aliphatic rings. The molecular weight excluding hydrogens is 408 g/mol. The zero-order chi connectivity index (χ0) is 23.2. The van der Waals surface area contributed by atoms with E-state index in [0.717, 1.165) is 6.07 Å². The molecule has 0 aliphatic heterocycles. The third-order valence-electron chi connectivity index (χ3n) is 3.44. The van der Waals surface area contributed by atoms with E-state index in [9.17, 15) is 28.8 Å². The second-order valence-electron chi connectivity index (χ2n) is 5.36. The van der Waals surface area contributed by atoms with E-state index in [1.54, 1.807) is 0 Å². The highest BCUT2D eigenvalue weighted by Gasteiger charge is 2.24. The maximum absolute atomic E-state index is 10.8. The van der Waals surface area contributed by atoms with Gasteiger partial charge in [0.25, 0.3) is 0 Å². The summed E-state index contributed by atoms with van der Waals surface area (Å²) in [4.78, 5) is 63.9. The van der Waals surface area contributed by atoms with Gasteiger partial charge in [-0.2, -0.15) is 0 Å². The van der Waals surface area contributed by atoms with Gasteiger partial charge in [0, 0.05) is 0 Å². The molecule has 2 aromatic carbocycles. The lowest BCUT2D eigenvalue weighted by molar-refractivity contribution is 0.0637. The predicted molar refractivity (Wildman–Crippen MR) is 94.6 cm³/mol. The highest BCUT2D eigenvalue weighted by molar-refractivity contribution is 6.09. The van der Waals surface area contributed by atoms with Gasteiger partial charge in [0.15, 0.2) is 0 Å². The van der Waals surface area contributed by atoms with Crippen molar-refractivity contribution in [1.82, 2.24) is 0 Å². The molecule has 0 atom stereocenters. The number of hydrogen-bond donors (Lipinski definition) is 6. The van der Waals surface area contributed by atoms with E-state index in [0.29, 0.717) is 12.1 Å². The molecule has 0 aliphatic carbocycles. The molecule has 0 saturated heterocycles. The van der Waals surface area contributed by atoms with Gasteiger partial charge in [-0.05, 0) is 30.3 Å². The fourth-order valence-electron chi connectivity index (χ4n) is 2.09. The van der Waals surface area contributed by atoms with Gasteiger partial charge in [0.05, 0.1) is 33.4 Å². The van der Waals surface area contributed by atoms with E-state index in [1.807, 2.05) is 0 Å². The normalized spacial score (nSPS) is 9.60. The molecule has 0 unspecified atom stereocenters. The van der Waals surface area contributed by atoms with Crippen molar-refractivity contribution in [3.63, 3.8) is 0 Å². The standard InChI is InChI=1S/C10H6O8.C8H6O4/c11-7(12)3-1-4(8(13)14)6(10(17)18)2-5(3)9(15)16;9-7(10)5-2-1-3-6(4-5)8(11)12/h1-2H,(H,11,12)(H,13,14)(H,15,16)(H,17,18);1-4H,(H,9,10)(H,11,12). The van der Waals surface area contributed by atoms with Crippen LogP contribution < -0.4 is 0 Å². The third-order valence-corrected chi connectivity index (χ3v) is 3.44. The minimum absolute atomic E-state index is 0.0186. The van der Waals surface area contributed by atoms with Crippen LogP contribution in [0.2, 0.25) is 0 Å². The topological polar surface area (TPSA) is 224 Å². The lowest BCUT2D eigenvalue weighted by Gasteiger charge is -2.06. The molecule has 6 N–H and O–H groups in total. The van der Waals surface area contributed by atoms with E-state index >= 15 is 0 Å². The van der Waals surface area contributed by atoms with Crippen LogP contribution in [0.25, 0.3) is 0 Å². The fraction of sp³-hybridized carbons (Fsp3) is 0. The summed E-state index contributed by atoms with van der Waals surface area (Å²) < 4.78 is 0. The fourth-order valence-corrected chi connectivity index (χ4v) is 2.09. The van der Waals surface area contributed by atoms with E-state index < -0.39 is 58.1 Å². The van der Waals surface area contributed by atoms with Gasteiger partial charge in [-0.15, -0.1) is 0 Å². The van der Waals surface area contributed by atoms with Gasteiger partial charge in [-0.1, -0.05) is 6.07 Å².